The Kier molecular flexibility index (Phi) is 5.63. The maximum Gasteiger partial charge on any atom is 0.416 e. The van der Waals surface area contributed by atoms with Crippen LogP contribution in [0.15, 0.2) is 18.3 Å². The maximum atomic E-state index is 12.4. The Morgan fingerprint density at radius 3 is 2.65 bits per heavy atom. The van der Waals surface area contributed by atoms with Crippen LogP contribution in [0, 0.1) is 0 Å². The van der Waals surface area contributed by atoms with Crippen LogP contribution in [0.2, 0.25) is 0 Å². The Labute approximate surface area is 139 Å². The highest BCUT2D eigenvalue weighted by molar-refractivity contribution is 5.86. The van der Waals surface area contributed by atoms with Gasteiger partial charge >= 0.3 is 6.09 Å². The fourth-order valence-electron chi connectivity index (χ4n) is 2.93. The number of rotatable bonds is 4. The molecule has 1 aliphatic rings. The number of aromatic nitrogens is 1. The molecule has 0 aliphatic carbocycles. The molecule has 5 nitrogen and oxygen atoms in total. The molecule has 0 saturated carbocycles. The SMILES string of the molecule is CCCN(C(=O)OC(C)(C)C)c1ccc([C@@H]2CCCN2C)cn1. The van der Waals surface area contributed by atoms with Gasteiger partial charge < -0.3 is 4.74 Å². The zero-order valence-electron chi connectivity index (χ0n) is 15.0. The lowest BCUT2D eigenvalue weighted by molar-refractivity contribution is 0.0579. The number of hydrogen-bond acceptors (Lipinski definition) is 4. The van der Waals surface area contributed by atoms with Crippen molar-refractivity contribution < 1.29 is 9.53 Å². The van der Waals surface area contributed by atoms with E-state index in [1.54, 1.807) is 4.90 Å². The molecule has 0 radical (unpaired) electrons. The Morgan fingerprint density at radius 2 is 2.17 bits per heavy atom. The number of amides is 1. The number of carbonyl (C=O) groups is 1. The van der Waals surface area contributed by atoms with Crippen molar-refractivity contribution in [2.45, 2.75) is 58.6 Å². The molecule has 2 heterocycles. The molecule has 0 aromatic carbocycles. The predicted molar refractivity (Wildman–Crippen MR) is 92.7 cm³/mol. The van der Waals surface area contributed by atoms with Crippen molar-refractivity contribution in [3.8, 4) is 0 Å². The van der Waals surface area contributed by atoms with Gasteiger partial charge in [-0.3, -0.25) is 9.80 Å². The van der Waals surface area contributed by atoms with Crippen molar-refractivity contribution >= 4 is 11.9 Å². The molecule has 128 valence electrons. The van der Waals surface area contributed by atoms with E-state index < -0.39 is 5.60 Å². The molecule has 1 aromatic rings. The van der Waals surface area contributed by atoms with Crippen molar-refractivity contribution in [1.82, 2.24) is 9.88 Å². The largest absolute Gasteiger partial charge is 0.443 e. The third-order valence-electron chi connectivity index (χ3n) is 4.01. The van der Waals surface area contributed by atoms with Crippen molar-refractivity contribution in [2.75, 3.05) is 25.0 Å². The van der Waals surface area contributed by atoms with E-state index in [0.717, 1.165) is 13.0 Å². The van der Waals surface area contributed by atoms with Gasteiger partial charge in [0.1, 0.15) is 11.4 Å². The van der Waals surface area contributed by atoms with E-state index >= 15 is 0 Å². The van der Waals surface area contributed by atoms with Crippen LogP contribution in [0.25, 0.3) is 0 Å². The molecule has 1 aromatic heterocycles. The summed E-state index contributed by atoms with van der Waals surface area (Å²) in [6.45, 7) is 9.40. The summed E-state index contributed by atoms with van der Waals surface area (Å²) in [5, 5.41) is 0. The molecule has 5 heteroatoms. The van der Waals surface area contributed by atoms with Gasteiger partial charge in [-0.15, -0.1) is 0 Å². The number of ether oxygens (including phenoxy) is 1. The van der Waals surface area contributed by atoms with E-state index in [9.17, 15) is 4.79 Å². The Balaban J connectivity index is 2.14. The quantitative estimate of drug-likeness (QED) is 0.841. The van der Waals surface area contributed by atoms with E-state index in [4.69, 9.17) is 4.74 Å². The molecule has 1 atom stereocenters. The van der Waals surface area contributed by atoms with Crippen molar-refractivity contribution in [3.05, 3.63) is 23.9 Å². The first-order valence-corrected chi connectivity index (χ1v) is 8.48. The lowest BCUT2D eigenvalue weighted by atomic mass is 10.1. The summed E-state index contributed by atoms with van der Waals surface area (Å²) >= 11 is 0. The summed E-state index contributed by atoms with van der Waals surface area (Å²) in [4.78, 5) is 20.9. The van der Waals surface area contributed by atoms with Crippen LogP contribution >= 0.6 is 0 Å². The molecule has 0 bridgehead atoms. The van der Waals surface area contributed by atoms with Gasteiger partial charge in [0.05, 0.1) is 0 Å². The molecule has 1 amide bonds. The van der Waals surface area contributed by atoms with Crippen LogP contribution in [-0.4, -0.2) is 41.7 Å². The van der Waals surface area contributed by atoms with E-state index in [2.05, 4.69) is 23.0 Å². The summed E-state index contributed by atoms with van der Waals surface area (Å²) in [5.74, 6) is 0.658. The van der Waals surface area contributed by atoms with Crippen LogP contribution < -0.4 is 4.90 Å². The fraction of sp³-hybridized carbons (Fsp3) is 0.667. The first-order valence-electron chi connectivity index (χ1n) is 8.48. The molecule has 1 saturated heterocycles. The summed E-state index contributed by atoms with van der Waals surface area (Å²) in [6, 6.07) is 4.46. The number of nitrogens with zero attached hydrogens (tertiary/aromatic N) is 3. The van der Waals surface area contributed by atoms with Crippen LogP contribution in [0.4, 0.5) is 10.6 Å². The molecule has 0 spiro atoms. The first-order chi connectivity index (χ1) is 10.8. The minimum atomic E-state index is -0.504. The van der Waals surface area contributed by atoms with E-state index in [-0.39, 0.29) is 6.09 Å². The fourth-order valence-corrected chi connectivity index (χ4v) is 2.93. The molecule has 0 unspecified atom stereocenters. The van der Waals surface area contributed by atoms with Crippen LogP contribution in [0.5, 0.6) is 0 Å². The molecular weight excluding hydrogens is 290 g/mol. The molecule has 1 aliphatic heterocycles. The van der Waals surface area contributed by atoms with E-state index in [1.807, 2.05) is 40.0 Å². The monoisotopic (exact) mass is 319 g/mol. The average molecular weight is 319 g/mol. The molecule has 2 rings (SSSR count). The van der Waals surface area contributed by atoms with E-state index in [1.165, 1.54) is 18.4 Å². The summed E-state index contributed by atoms with van der Waals surface area (Å²) < 4.78 is 5.49. The number of carbonyl (C=O) groups excluding carboxylic acids is 1. The van der Waals surface area contributed by atoms with E-state index in [0.29, 0.717) is 18.4 Å². The lowest BCUT2D eigenvalue weighted by Crippen LogP contribution is -2.37. The zero-order chi connectivity index (χ0) is 17.0. The molecule has 1 fully saturated rings. The van der Waals surface area contributed by atoms with Crippen LogP contribution in [0.1, 0.15) is 58.6 Å². The van der Waals surface area contributed by atoms with Gasteiger partial charge in [-0.05, 0) is 65.3 Å². The second-order valence-corrected chi connectivity index (χ2v) is 7.22. The minimum Gasteiger partial charge on any atom is -0.443 e. The molecular formula is C18H29N3O2. The smallest absolute Gasteiger partial charge is 0.416 e. The lowest BCUT2D eigenvalue weighted by Gasteiger charge is -2.27. The third kappa shape index (κ3) is 4.67. The Bertz CT molecular complexity index is 522. The summed E-state index contributed by atoms with van der Waals surface area (Å²) in [5.41, 5.74) is 0.713. The number of hydrogen-bond donors (Lipinski definition) is 0. The van der Waals surface area contributed by atoms with Crippen LogP contribution in [0.3, 0.4) is 0 Å². The molecule has 23 heavy (non-hydrogen) atoms. The van der Waals surface area contributed by atoms with Gasteiger partial charge in [-0.2, -0.15) is 0 Å². The average Bonchev–Trinajstić information content (AvgIpc) is 2.89. The predicted octanol–water partition coefficient (Wildman–Crippen LogP) is 4.00. The van der Waals surface area contributed by atoms with Gasteiger partial charge in [0, 0.05) is 18.8 Å². The topological polar surface area (TPSA) is 45.7 Å². The highest BCUT2D eigenvalue weighted by atomic mass is 16.6. The van der Waals surface area contributed by atoms with Gasteiger partial charge in [0.2, 0.25) is 0 Å². The standard InChI is InChI=1S/C18H29N3O2/c1-6-11-21(17(22)23-18(2,3)4)16-10-9-14(13-19-16)15-8-7-12-20(15)5/h9-10,13,15H,6-8,11-12H2,1-5H3/t15-/m0/s1. The highest BCUT2D eigenvalue weighted by Gasteiger charge is 2.25. The number of anilines is 1. The van der Waals surface area contributed by atoms with Crippen molar-refractivity contribution in [3.63, 3.8) is 0 Å². The molecule has 0 N–H and O–H groups in total. The van der Waals surface area contributed by atoms with Crippen molar-refractivity contribution in [2.24, 2.45) is 0 Å². The maximum absolute atomic E-state index is 12.4. The van der Waals surface area contributed by atoms with Gasteiger partial charge in [0.25, 0.3) is 0 Å². The Hall–Kier alpha value is -1.62. The number of pyridine rings is 1. The second kappa shape index (κ2) is 7.30. The van der Waals surface area contributed by atoms with Gasteiger partial charge in [-0.25, -0.2) is 9.78 Å². The van der Waals surface area contributed by atoms with Crippen molar-refractivity contribution in [1.29, 1.82) is 0 Å². The zero-order valence-corrected chi connectivity index (χ0v) is 15.0. The number of likely N-dealkylation sites (tertiary alicyclic amines) is 1. The van der Waals surface area contributed by atoms with Crippen LogP contribution in [-0.2, 0) is 4.74 Å². The normalized spacial score (nSPS) is 18.9. The van der Waals surface area contributed by atoms with Gasteiger partial charge in [-0.1, -0.05) is 13.0 Å². The third-order valence-corrected chi connectivity index (χ3v) is 4.01. The first kappa shape index (κ1) is 17.7. The summed E-state index contributed by atoms with van der Waals surface area (Å²) in [6.07, 6.45) is 4.81. The minimum absolute atomic E-state index is 0.336. The summed E-state index contributed by atoms with van der Waals surface area (Å²) in [7, 11) is 2.15. The van der Waals surface area contributed by atoms with Gasteiger partial charge in [0.15, 0.2) is 0 Å². The second-order valence-electron chi connectivity index (χ2n) is 7.22. The Morgan fingerprint density at radius 1 is 1.43 bits per heavy atom. The highest BCUT2D eigenvalue weighted by Crippen LogP contribution is 2.30.